The third-order valence-corrected chi connectivity index (χ3v) is 2.93. The van der Waals surface area contributed by atoms with Crippen LogP contribution in [0, 0.1) is 0 Å². The van der Waals surface area contributed by atoms with Gasteiger partial charge in [0, 0.05) is 6.42 Å². The number of carbonyl (C=O) groups is 2. The molecule has 0 amide bonds. The second kappa shape index (κ2) is 9.80. The number of benzene rings is 1. The quantitative estimate of drug-likeness (QED) is 0.377. The maximum absolute atomic E-state index is 11.1. The van der Waals surface area contributed by atoms with E-state index in [1.807, 2.05) is 0 Å². The molecule has 0 saturated heterocycles. The third kappa shape index (κ3) is 6.29. The zero-order valence-corrected chi connectivity index (χ0v) is 12.6. The maximum atomic E-state index is 11.1. The number of aldehydes is 1. The molecule has 0 aliphatic rings. The van der Waals surface area contributed by atoms with E-state index >= 15 is 0 Å². The summed E-state index contributed by atoms with van der Waals surface area (Å²) in [5.41, 5.74) is 0.473. The number of carbonyl (C=O) groups excluding carboxylic acids is 2. The van der Waals surface area contributed by atoms with Gasteiger partial charge in [-0.2, -0.15) is 0 Å². The SMILES string of the molecule is CCOC(=O)CCCCCOc1ccc(OC)cc1C=O. The molecule has 0 radical (unpaired) electrons. The molecule has 0 atom stereocenters. The lowest BCUT2D eigenvalue weighted by Gasteiger charge is -2.09. The van der Waals surface area contributed by atoms with Gasteiger partial charge in [-0.05, 0) is 44.4 Å². The van der Waals surface area contributed by atoms with Crippen LogP contribution in [0.4, 0.5) is 0 Å². The van der Waals surface area contributed by atoms with Gasteiger partial charge >= 0.3 is 5.97 Å². The average molecular weight is 294 g/mol. The van der Waals surface area contributed by atoms with Crippen LogP contribution in [0.15, 0.2) is 18.2 Å². The van der Waals surface area contributed by atoms with Crippen LogP contribution in [0.3, 0.4) is 0 Å². The minimum atomic E-state index is -0.156. The van der Waals surface area contributed by atoms with Gasteiger partial charge in [0.05, 0.1) is 25.9 Å². The van der Waals surface area contributed by atoms with Crippen LogP contribution >= 0.6 is 0 Å². The lowest BCUT2D eigenvalue weighted by Crippen LogP contribution is -2.04. The van der Waals surface area contributed by atoms with Crippen molar-refractivity contribution in [1.29, 1.82) is 0 Å². The molecule has 0 N–H and O–H groups in total. The lowest BCUT2D eigenvalue weighted by atomic mass is 10.2. The highest BCUT2D eigenvalue weighted by Crippen LogP contribution is 2.22. The fourth-order valence-electron chi connectivity index (χ4n) is 1.84. The Morgan fingerprint density at radius 2 is 2.05 bits per heavy atom. The van der Waals surface area contributed by atoms with Crippen molar-refractivity contribution in [3.63, 3.8) is 0 Å². The highest BCUT2D eigenvalue weighted by atomic mass is 16.5. The minimum Gasteiger partial charge on any atom is -0.497 e. The molecule has 1 aromatic carbocycles. The molecule has 0 aromatic heterocycles. The Morgan fingerprint density at radius 1 is 1.24 bits per heavy atom. The average Bonchev–Trinajstić information content (AvgIpc) is 2.51. The van der Waals surface area contributed by atoms with Gasteiger partial charge in [0.15, 0.2) is 6.29 Å². The van der Waals surface area contributed by atoms with Crippen molar-refractivity contribution in [2.45, 2.75) is 32.6 Å². The predicted molar refractivity (Wildman–Crippen MR) is 79.0 cm³/mol. The lowest BCUT2D eigenvalue weighted by molar-refractivity contribution is -0.143. The van der Waals surface area contributed by atoms with Gasteiger partial charge in [-0.25, -0.2) is 0 Å². The van der Waals surface area contributed by atoms with Crippen molar-refractivity contribution in [1.82, 2.24) is 0 Å². The first kappa shape index (κ1) is 17.0. The van der Waals surface area contributed by atoms with E-state index < -0.39 is 0 Å². The number of hydrogen-bond acceptors (Lipinski definition) is 5. The number of hydrogen-bond donors (Lipinski definition) is 0. The molecule has 21 heavy (non-hydrogen) atoms. The molecule has 0 aliphatic carbocycles. The molecular weight excluding hydrogens is 272 g/mol. The second-order valence-corrected chi connectivity index (χ2v) is 4.49. The molecule has 5 heteroatoms. The number of unbranched alkanes of at least 4 members (excludes halogenated alkanes) is 2. The topological polar surface area (TPSA) is 61.8 Å². The standard InChI is InChI=1S/C16H22O5/c1-3-20-16(18)7-5-4-6-10-21-15-9-8-14(19-2)11-13(15)12-17/h8-9,11-12H,3-7,10H2,1-2H3. The fraction of sp³-hybridized carbons (Fsp3) is 0.500. The Bertz CT molecular complexity index is 456. The number of esters is 1. The Labute approximate surface area is 125 Å². The number of ether oxygens (including phenoxy) is 3. The van der Waals surface area contributed by atoms with E-state index in [2.05, 4.69) is 0 Å². The van der Waals surface area contributed by atoms with E-state index in [1.54, 1.807) is 32.2 Å². The highest BCUT2D eigenvalue weighted by Gasteiger charge is 2.05. The Hall–Kier alpha value is -2.04. The molecule has 0 bridgehead atoms. The van der Waals surface area contributed by atoms with Crippen LogP contribution in [0.25, 0.3) is 0 Å². The van der Waals surface area contributed by atoms with Gasteiger partial charge in [0.25, 0.3) is 0 Å². The first-order valence-corrected chi connectivity index (χ1v) is 7.13. The van der Waals surface area contributed by atoms with Gasteiger partial charge in [-0.1, -0.05) is 0 Å². The fourth-order valence-corrected chi connectivity index (χ4v) is 1.84. The maximum Gasteiger partial charge on any atom is 0.305 e. The smallest absolute Gasteiger partial charge is 0.305 e. The molecule has 0 heterocycles. The second-order valence-electron chi connectivity index (χ2n) is 4.49. The van der Waals surface area contributed by atoms with Crippen molar-refractivity contribution in [3.8, 4) is 11.5 Å². The summed E-state index contributed by atoms with van der Waals surface area (Å²) in [5, 5.41) is 0. The molecule has 0 aliphatic heterocycles. The van der Waals surface area contributed by atoms with E-state index in [1.165, 1.54) is 0 Å². The summed E-state index contributed by atoms with van der Waals surface area (Å²) >= 11 is 0. The number of rotatable bonds is 10. The minimum absolute atomic E-state index is 0.156. The Balaban J connectivity index is 2.26. The van der Waals surface area contributed by atoms with Crippen LogP contribution in [-0.4, -0.2) is 32.6 Å². The molecular formula is C16H22O5. The first-order valence-electron chi connectivity index (χ1n) is 7.13. The van der Waals surface area contributed by atoms with Gasteiger partial charge in [0.1, 0.15) is 11.5 Å². The van der Waals surface area contributed by atoms with Gasteiger partial charge in [-0.15, -0.1) is 0 Å². The van der Waals surface area contributed by atoms with E-state index in [9.17, 15) is 9.59 Å². The van der Waals surface area contributed by atoms with Crippen LogP contribution in [0.2, 0.25) is 0 Å². The molecule has 0 spiro atoms. The largest absolute Gasteiger partial charge is 0.497 e. The monoisotopic (exact) mass is 294 g/mol. The summed E-state index contributed by atoms with van der Waals surface area (Å²) in [7, 11) is 1.55. The number of methoxy groups -OCH3 is 1. The van der Waals surface area contributed by atoms with Crippen molar-refractivity contribution in [2.75, 3.05) is 20.3 Å². The molecule has 0 unspecified atom stereocenters. The van der Waals surface area contributed by atoms with Crippen LogP contribution in [0.5, 0.6) is 11.5 Å². The molecule has 1 rings (SSSR count). The summed E-state index contributed by atoms with van der Waals surface area (Å²) in [5.74, 6) is 1.02. The van der Waals surface area contributed by atoms with Gasteiger partial charge in [0.2, 0.25) is 0 Å². The van der Waals surface area contributed by atoms with E-state index in [4.69, 9.17) is 14.2 Å². The summed E-state index contributed by atoms with van der Waals surface area (Å²) in [6.07, 6.45) is 3.68. The summed E-state index contributed by atoms with van der Waals surface area (Å²) < 4.78 is 15.5. The van der Waals surface area contributed by atoms with Crippen LogP contribution < -0.4 is 9.47 Å². The van der Waals surface area contributed by atoms with Crippen LogP contribution in [0.1, 0.15) is 43.0 Å². The molecule has 1 aromatic rings. The van der Waals surface area contributed by atoms with E-state index in [-0.39, 0.29) is 5.97 Å². The van der Waals surface area contributed by atoms with Crippen molar-refractivity contribution < 1.29 is 23.8 Å². The zero-order chi connectivity index (χ0) is 15.5. The third-order valence-electron chi connectivity index (χ3n) is 2.93. The van der Waals surface area contributed by atoms with Gasteiger partial charge in [-0.3, -0.25) is 9.59 Å². The first-order chi connectivity index (χ1) is 10.2. The van der Waals surface area contributed by atoms with Crippen molar-refractivity contribution in [3.05, 3.63) is 23.8 Å². The summed E-state index contributed by atoms with van der Waals surface area (Å²) in [6.45, 7) is 2.73. The molecule has 0 fully saturated rings. The predicted octanol–water partition coefficient (Wildman–Crippen LogP) is 3.01. The van der Waals surface area contributed by atoms with Crippen molar-refractivity contribution >= 4 is 12.3 Å². The van der Waals surface area contributed by atoms with Crippen LogP contribution in [-0.2, 0) is 9.53 Å². The Morgan fingerprint density at radius 3 is 2.71 bits per heavy atom. The molecule has 5 nitrogen and oxygen atoms in total. The normalized spacial score (nSPS) is 10.0. The van der Waals surface area contributed by atoms with E-state index in [0.717, 1.165) is 25.5 Å². The summed E-state index contributed by atoms with van der Waals surface area (Å²) in [4.78, 5) is 22.1. The van der Waals surface area contributed by atoms with Crippen molar-refractivity contribution in [2.24, 2.45) is 0 Å². The Kier molecular flexibility index (Phi) is 7.94. The van der Waals surface area contributed by atoms with E-state index in [0.29, 0.717) is 36.7 Å². The molecule has 116 valence electrons. The highest BCUT2D eigenvalue weighted by molar-refractivity contribution is 5.80. The molecule has 0 saturated carbocycles. The zero-order valence-electron chi connectivity index (χ0n) is 12.6. The van der Waals surface area contributed by atoms with Gasteiger partial charge < -0.3 is 14.2 Å². The summed E-state index contributed by atoms with van der Waals surface area (Å²) in [6, 6.07) is 5.12.